The molecule has 0 spiro atoms. The van der Waals surface area contributed by atoms with Crippen molar-refractivity contribution in [3.8, 4) is 0 Å². The van der Waals surface area contributed by atoms with Crippen molar-refractivity contribution in [3.63, 3.8) is 0 Å². The molecule has 3 aromatic heterocycles. The molecule has 0 saturated carbocycles. The predicted octanol–water partition coefficient (Wildman–Crippen LogP) is 0.590. The summed E-state index contributed by atoms with van der Waals surface area (Å²) in [5.74, 6) is 1.57. The van der Waals surface area contributed by atoms with Gasteiger partial charge in [-0.1, -0.05) is 5.21 Å². The first kappa shape index (κ1) is 15.8. The molecule has 132 valence electrons. The predicted molar refractivity (Wildman–Crippen MR) is 91.8 cm³/mol. The highest BCUT2D eigenvalue weighted by molar-refractivity contribution is 5.87. The Balaban J connectivity index is 1.51. The van der Waals surface area contributed by atoms with Crippen LogP contribution >= 0.6 is 0 Å². The maximum absolute atomic E-state index is 5.85. The van der Waals surface area contributed by atoms with Gasteiger partial charge in [-0.25, -0.2) is 0 Å². The first-order valence-electron chi connectivity index (χ1n) is 8.32. The number of hydrogen-bond donors (Lipinski definition) is 2. The highest BCUT2D eigenvalue weighted by Gasteiger charge is 2.24. The van der Waals surface area contributed by atoms with Crippen LogP contribution in [0.1, 0.15) is 18.5 Å². The Morgan fingerprint density at radius 2 is 2.32 bits per heavy atom. The fraction of sp³-hybridized carbons (Fsp3) is 0.533. The molecule has 1 aliphatic heterocycles. The summed E-state index contributed by atoms with van der Waals surface area (Å²) in [4.78, 5) is 10.9. The molecule has 0 amide bonds. The second kappa shape index (κ2) is 6.63. The van der Waals surface area contributed by atoms with Gasteiger partial charge in [0.1, 0.15) is 11.5 Å². The smallest absolute Gasteiger partial charge is 0.224 e. The Bertz CT molecular complexity index is 858. The number of anilines is 2. The van der Waals surface area contributed by atoms with Crippen molar-refractivity contribution in [3.05, 3.63) is 18.1 Å². The molecule has 1 aliphatic rings. The van der Waals surface area contributed by atoms with Gasteiger partial charge in [-0.3, -0.25) is 9.78 Å². The van der Waals surface area contributed by atoms with E-state index in [0.717, 1.165) is 49.4 Å². The van der Waals surface area contributed by atoms with Crippen LogP contribution in [0.2, 0.25) is 0 Å². The Kier molecular flexibility index (Phi) is 4.18. The molecule has 0 unspecified atom stereocenters. The highest BCUT2D eigenvalue weighted by atomic mass is 16.5. The lowest BCUT2D eigenvalue weighted by molar-refractivity contribution is 0.181. The summed E-state index contributed by atoms with van der Waals surface area (Å²) in [6, 6.07) is 0. The zero-order chi connectivity index (χ0) is 17.2. The van der Waals surface area contributed by atoms with E-state index in [2.05, 4.69) is 35.4 Å². The molecule has 0 aliphatic carbocycles. The quantitative estimate of drug-likeness (QED) is 0.690. The van der Waals surface area contributed by atoms with Crippen molar-refractivity contribution in [1.82, 2.24) is 35.2 Å². The van der Waals surface area contributed by atoms with Gasteiger partial charge in [-0.2, -0.15) is 15.1 Å². The fourth-order valence-corrected chi connectivity index (χ4v) is 3.39. The topological polar surface area (TPSA) is 124 Å². The number of nitrogens with zero attached hydrogens (tertiary/aromatic N) is 7. The molecule has 10 nitrogen and oxygen atoms in total. The molecule has 0 radical (unpaired) electrons. The fourth-order valence-electron chi connectivity index (χ4n) is 3.39. The average Bonchev–Trinajstić information content (AvgIpc) is 3.24. The number of hydrogen-bond acceptors (Lipinski definition) is 8. The largest absolute Gasteiger partial charge is 0.378 e. The van der Waals surface area contributed by atoms with E-state index in [0.29, 0.717) is 18.2 Å². The lowest BCUT2D eigenvalue weighted by Crippen LogP contribution is -2.38. The highest BCUT2D eigenvalue weighted by Crippen LogP contribution is 2.28. The number of nitrogen functional groups attached to an aromatic ring is 1. The number of aromatic amines is 1. The van der Waals surface area contributed by atoms with E-state index < -0.39 is 0 Å². The number of piperidine rings is 1. The third kappa shape index (κ3) is 3.25. The minimum absolute atomic E-state index is 0.259. The Labute approximate surface area is 144 Å². The molecule has 4 heterocycles. The second-order valence-corrected chi connectivity index (χ2v) is 6.36. The van der Waals surface area contributed by atoms with E-state index in [1.54, 1.807) is 13.3 Å². The van der Waals surface area contributed by atoms with Crippen LogP contribution in [0.5, 0.6) is 0 Å². The van der Waals surface area contributed by atoms with Gasteiger partial charge in [-0.15, -0.1) is 5.10 Å². The number of H-pyrrole nitrogens is 1. The summed E-state index contributed by atoms with van der Waals surface area (Å²) in [5, 5.41) is 16.1. The molecule has 3 aromatic rings. The van der Waals surface area contributed by atoms with Crippen molar-refractivity contribution in [2.75, 3.05) is 30.8 Å². The number of nitrogens with two attached hydrogens (primary N) is 1. The van der Waals surface area contributed by atoms with Crippen LogP contribution < -0.4 is 10.6 Å². The summed E-state index contributed by atoms with van der Waals surface area (Å²) in [7, 11) is 1.65. The molecule has 1 saturated heterocycles. The molecule has 1 atom stereocenters. The van der Waals surface area contributed by atoms with Gasteiger partial charge in [0.15, 0.2) is 5.65 Å². The number of fused-ring (bicyclic) bond motifs is 1. The van der Waals surface area contributed by atoms with Crippen molar-refractivity contribution in [2.24, 2.45) is 5.92 Å². The first-order valence-corrected chi connectivity index (χ1v) is 8.32. The molecule has 0 bridgehead atoms. The van der Waals surface area contributed by atoms with Crippen molar-refractivity contribution in [1.29, 1.82) is 0 Å². The van der Waals surface area contributed by atoms with Crippen LogP contribution in [0.3, 0.4) is 0 Å². The van der Waals surface area contributed by atoms with Crippen molar-refractivity contribution < 1.29 is 4.74 Å². The van der Waals surface area contributed by atoms with Gasteiger partial charge in [-0.05, 0) is 18.8 Å². The van der Waals surface area contributed by atoms with Gasteiger partial charge in [0.25, 0.3) is 0 Å². The zero-order valence-corrected chi connectivity index (χ0v) is 14.1. The van der Waals surface area contributed by atoms with Crippen LogP contribution in [0.4, 0.5) is 11.8 Å². The van der Waals surface area contributed by atoms with Gasteiger partial charge in [0.2, 0.25) is 5.95 Å². The Morgan fingerprint density at radius 1 is 1.40 bits per heavy atom. The third-order valence-electron chi connectivity index (χ3n) is 4.45. The van der Waals surface area contributed by atoms with Crippen LogP contribution in [0, 0.1) is 5.92 Å². The van der Waals surface area contributed by atoms with E-state index in [-0.39, 0.29) is 5.95 Å². The molecule has 10 heteroatoms. The lowest BCUT2D eigenvalue weighted by Gasteiger charge is -2.33. The summed E-state index contributed by atoms with van der Waals surface area (Å²) >= 11 is 0. The number of rotatable bonds is 5. The average molecular weight is 343 g/mol. The van der Waals surface area contributed by atoms with Crippen LogP contribution in [-0.2, 0) is 17.9 Å². The van der Waals surface area contributed by atoms with E-state index >= 15 is 0 Å². The van der Waals surface area contributed by atoms with E-state index in [4.69, 9.17) is 10.5 Å². The Hall–Kier alpha value is -2.75. The molecular weight excluding hydrogens is 322 g/mol. The van der Waals surface area contributed by atoms with E-state index in [1.807, 2.05) is 10.9 Å². The summed E-state index contributed by atoms with van der Waals surface area (Å²) in [6.45, 7) is 3.13. The molecule has 25 heavy (non-hydrogen) atoms. The lowest BCUT2D eigenvalue weighted by atomic mass is 9.98. The Morgan fingerprint density at radius 3 is 3.20 bits per heavy atom. The number of ether oxygens (including phenoxy) is 1. The second-order valence-electron chi connectivity index (χ2n) is 6.36. The van der Waals surface area contributed by atoms with Crippen LogP contribution in [-0.4, -0.2) is 55.4 Å². The summed E-state index contributed by atoms with van der Waals surface area (Å²) in [6.07, 6.45) is 5.93. The van der Waals surface area contributed by atoms with E-state index in [9.17, 15) is 0 Å². The van der Waals surface area contributed by atoms with Crippen LogP contribution in [0.25, 0.3) is 11.0 Å². The third-order valence-corrected chi connectivity index (χ3v) is 4.45. The van der Waals surface area contributed by atoms with Crippen LogP contribution in [0.15, 0.2) is 12.4 Å². The first-order chi connectivity index (χ1) is 12.2. The molecule has 0 aromatic carbocycles. The van der Waals surface area contributed by atoms with Gasteiger partial charge >= 0.3 is 0 Å². The minimum Gasteiger partial charge on any atom is -0.378 e. The molecule has 3 N–H and O–H groups in total. The molecule has 1 fully saturated rings. The van der Waals surface area contributed by atoms with Gasteiger partial charge < -0.3 is 15.4 Å². The summed E-state index contributed by atoms with van der Waals surface area (Å²) < 4.78 is 6.98. The van der Waals surface area contributed by atoms with Crippen molar-refractivity contribution >= 4 is 22.8 Å². The summed E-state index contributed by atoms with van der Waals surface area (Å²) in [5.41, 5.74) is 7.37. The number of nitrogens with one attached hydrogen (secondary N) is 1. The van der Waals surface area contributed by atoms with Crippen molar-refractivity contribution in [2.45, 2.75) is 26.0 Å². The maximum atomic E-state index is 5.85. The normalized spacial score (nSPS) is 18.1. The van der Waals surface area contributed by atoms with Gasteiger partial charge in [0.05, 0.1) is 24.4 Å². The molecule has 4 rings (SSSR count). The SMILES string of the molecule is COCc1cn(C[C@H]2CCCN(c3nc(N)nc4[nH]ncc34)C2)nn1. The zero-order valence-electron chi connectivity index (χ0n) is 14.1. The number of aromatic nitrogens is 7. The standard InChI is InChI=1S/C15H21N9O/c1-25-9-11-8-24(22-20-11)7-10-3-2-4-23(6-10)14-12-5-17-21-13(12)18-15(16)19-14/h5,8,10H,2-4,6-7,9H2,1H3,(H3,16,17,18,19,21)/t10-/m0/s1. The monoisotopic (exact) mass is 343 g/mol. The molecular formula is C15H21N9O. The maximum Gasteiger partial charge on any atom is 0.224 e. The minimum atomic E-state index is 0.259. The van der Waals surface area contributed by atoms with E-state index in [1.165, 1.54) is 0 Å². The number of methoxy groups -OCH3 is 1. The van der Waals surface area contributed by atoms with Gasteiger partial charge in [0, 0.05) is 26.7 Å².